The molecule has 0 saturated heterocycles. The highest BCUT2D eigenvalue weighted by molar-refractivity contribution is 7.93. The summed E-state index contributed by atoms with van der Waals surface area (Å²) in [6.45, 7) is 1.74. The van der Waals surface area contributed by atoms with Gasteiger partial charge in [-0.15, -0.1) is 0 Å². The number of rotatable bonds is 3. The first kappa shape index (κ1) is 18.7. The van der Waals surface area contributed by atoms with Gasteiger partial charge in [0.25, 0.3) is 10.0 Å². The van der Waals surface area contributed by atoms with Crippen LogP contribution in [0.15, 0.2) is 67.5 Å². The Bertz CT molecular complexity index is 1380. The standard InChI is InChI=1S/C18H16N2O6S2/c1-11-8-13-10-14(27(19,22)23)3-5-16(13)20(11)28(24,25)15-4-6-17-12(9-15)2-7-18(21)26-17/h2-7,9-11H,8H2,1H3,(H2,19,22,23). The number of hydrogen-bond donors (Lipinski definition) is 1. The smallest absolute Gasteiger partial charge is 0.336 e. The minimum atomic E-state index is -3.92. The van der Waals surface area contributed by atoms with Crippen LogP contribution < -0.4 is 15.1 Å². The van der Waals surface area contributed by atoms with Gasteiger partial charge in [-0.1, -0.05) is 0 Å². The molecule has 1 aliphatic rings. The molecule has 0 spiro atoms. The van der Waals surface area contributed by atoms with Crippen LogP contribution in [0.2, 0.25) is 0 Å². The summed E-state index contributed by atoms with van der Waals surface area (Å²) in [6.07, 6.45) is 0.361. The van der Waals surface area contributed by atoms with Crippen LogP contribution in [0.5, 0.6) is 0 Å². The van der Waals surface area contributed by atoms with E-state index in [-0.39, 0.29) is 9.79 Å². The zero-order chi connectivity index (χ0) is 20.3. The number of primary sulfonamides is 1. The summed E-state index contributed by atoms with van der Waals surface area (Å²) in [4.78, 5) is 11.3. The molecule has 2 aromatic carbocycles. The molecule has 1 unspecified atom stereocenters. The summed E-state index contributed by atoms with van der Waals surface area (Å²) in [5.74, 6) is 0. The second-order valence-electron chi connectivity index (χ2n) is 6.64. The monoisotopic (exact) mass is 420 g/mol. The first-order chi connectivity index (χ1) is 13.1. The first-order valence-electron chi connectivity index (χ1n) is 8.31. The third kappa shape index (κ3) is 2.99. The first-order valence-corrected chi connectivity index (χ1v) is 11.3. The van der Waals surface area contributed by atoms with Crippen LogP contribution in [0, 0.1) is 0 Å². The Labute approximate surface area is 161 Å². The highest BCUT2D eigenvalue weighted by Gasteiger charge is 2.36. The number of fused-ring (bicyclic) bond motifs is 2. The van der Waals surface area contributed by atoms with Crippen LogP contribution in [0.4, 0.5) is 5.69 Å². The summed E-state index contributed by atoms with van der Waals surface area (Å²) in [7, 11) is -7.80. The quantitative estimate of drug-likeness (QED) is 0.641. The highest BCUT2D eigenvalue weighted by atomic mass is 32.2. The fourth-order valence-corrected chi connectivity index (χ4v) is 5.74. The second kappa shape index (κ2) is 6.16. The fourth-order valence-electron chi connectivity index (χ4n) is 3.45. The van der Waals surface area contributed by atoms with Crippen LogP contribution >= 0.6 is 0 Å². The number of sulfonamides is 2. The van der Waals surface area contributed by atoms with E-state index in [1.54, 1.807) is 6.92 Å². The maximum absolute atomic E-state index is 13.3. The Morgan fingerprint density at radius 3 is 2.43 bits per heavy atom. The van der Waals surface area contributed by atoms with Crippen molar-refractivity contribution < 1.29 is 21.3 Å². The molecule has 1 aromatic heterocycles. The van der Waals surface area contributed by atoms with Gasteiger partial charge in [-0.25, -0.2) is 26.8 Å². The van der Waals surface area contributed by atoms with Gasteiger partial charge in [0.2, 0.25) is 10.0 Å². The summed E-state index contributed by atoms with van der Waals surface area (Å²) >= 11 is 0. The molecular weight excluding hydrogens is 404 g/mol. The normalized spacial score (nSPS) is 17.1. The number of nitrogens with two attached hydrogens (primary N) is 1. The zero-order valence-corrected chi connectivity index (χ0v) is 16.3. The van der Waals surface area contributed by atoms with Gasteiger partial charge in [-0.2, -0.15) is 0 Å². The van der Waals surface area contributed by atoms with Gasteiger partial charge in [0.1, 0.15) is 5.58 Å². The highest BCUT2D eigenvalue weighted by Crippen LogP contribution is 2.38. The molecule has 146 valence electrons. The summed E-state index contributed by atoms with van der Waals surface area (Å²) in [5, 5.41) is 5.65. The molecule has 0 amide bonds. The topological polar surface area (TPSA) is 128 Å². The van der Waals surface area contributed by atoms with Gasteiger partial charge in [0.05, 0.1) is 15.5 Å². The maximum Gasteiger partial charge on any atom is 0.336 e. The molecule has 1 atom stereocenters. The average molecular weight is 420 g/mol. The molecule has 2 heterocycles. The van der Waals surface area contributed by atoms with Crippen molar-refractivity contribution in [2.45, 2.75) is 29.2 Å². The molecule has 0 bridgehead atoms. The van der Waals surface area contributed by atoms with E-state index in [1.165, 1.54) is 52.8 Å². The summed E-state index contributed by atoms with van der Waals surface area (Å²) in [5.41, 5.74) is 0.781. The minimum absolute atomic E-state index is 0.0454. The van der Waals surface area contributed by atoms with Crippen molar-refractivity contribution in [3.8, 4) is 0 Å². The van der Waals surface area contributed by atoms with E-state index >= 15 is 0 Å². The van der Waals surface area contributed by atoms with Gasteiger partial charge < -0.3 is 4.42 Å². The molecule has 10 heteroatoms. The van der Waals surface area contributed by atoms with Crippen molar-refractivity contribution in [1.82, 2.24) is 0 Å². The van der Waals surface area contributed by atoms with Gasteiger partial charge in [-0.3, -0.25) is 4.31 Å². The van der Waals surface area contributed by atoms with E-state index in [4.69, 9.17) is 9.56 Å². The van der Waals surface area contributed by atoms with Crippen LogP contribution in [-0.2, 0) is 26.5 Å². The third-order valence-corrected chi connectivity index (χ3v) is 7.52. The lowest BCUT2D eigenvalue weighted by Gasteiger charge is -2.24. The van der Waals surface area contributed by atoms with Crippen molar-refractivity contribution in [2.75, 3.05) is 4.31 Å². The average Bonchev–Trinajstić information content (AvgIpc) is 2.95. The lowest BCUT2D eigenvalue weighted by Crippen LogP contribution is -2.35. The Hall–Kier alpha value is -2.69. The largest absolute Gasteiger partial charge is 0.423 e. The molecule has 2 N–H and O–H groups in total. The molecule has 0 saturated carbocycles. The Balaban J connectivity index is 1.83. The molecule has 0 fully saturated rings. The Morgan fingerprint density at radius 2 is 1.71 bits per heavy atom. The predicted octanol–water partition coefficient (Wildman–Crippen LogP) is 1.58. The van der Waals surface area contributed by atoms with E-state index in [0.717, 1.165) is 0 Å². The van der Waals surface area contributed by atoms with Crippen molar-refractivity contribution in [3.63, 3.8) is 0 Å². The molecule has 0 aliphatic carbocycles. The van der Waals surface area contributed by atoms with E-state index in [1.807, 2.05) is 0 Å². The molecule has 1 aliphatic heterocycles. The van der Waals surface area contributed by atoms with Crippen LogP contribution in [0.3, 0.4) is 0 Å². The van der Waals surface area contributed by atoms with E-state index in [9.17, 15) is 21.6 Å². The lowest BCUT2D eigenvalue weighted by atomic mass is 10.1. The molecule has 4 rings (SSSR count). The molecule has 28 heavy (non-hydrogen) atoms. The predicted molar refractivity (Wildman–Crippen MR) is 103 cm³/mol. The SMILES string of the molecule is CC1Cc2cc(S(N)(=O)=O)ccc2N1S(=O)(=O)c1ccc2oc(=O)ccc2c1. The van der Waals surface area contributed by atoms with Crippen LogP contribution in [-0.4, -0.2) is 22.9 Å². The number of nitrogens with zero attached hydrogens (tertiary/aromatic N) is 1. The Kier molecular flexibility index (Phi) is 4.11. The number of benzene rings is 2. The van der Waals surface area contributed by atoms with Crippen molar-refractivity contribution in [1.29, 1.82) is 0 Å². The third-order valence-electron chi connectivity index (χ3n) is 4.68. The zero-order valence-electron chi connectivity index (χ0n) is 14.7. The molecular formula is C18H16N2O6S2. The van der Waals surface area contributed by atoms with Crippen LogP contribution in [0.25, 0.3) is 11.0 Å². The molecule has 0 radical (unpaired) electrons. The fraction of sp³-hybridized carbons (Fsp3) is 0.167. The van der Waals surface area contributed by atoms with Crippen molar-refractivity contribution in [3.05, 3.63) is 64.5 Å². The summed E-state index contributed by atoms with van der Waals surface area (Å²) < 4.78 is 56.1. The summed E-state index contributed by atoms with van der Waals surface area (Å²) in [6, 6.07) is 10.7. The van der Waals surface area contributed by atoms with Gasteiger partial charge >= 0.3 is 5.63 Å². The molecule has 8 nitrogen and oxygen atoms in total. The van der Waals surface area contributed by atoms with Crippen molar-refractivity contribution >= 4 is 36.7 Å². The minimum Gasteiger partial charge on any atom is -0.423 e. The van der Waals surface area contributed by atoms with E-state index in [2.05, 4.69) is 0 Å². The maximum atomic E-state index is 13.3. The Morgan fingerprint density at radius 1 is 1.00 bits per heavy atom. The van der Waals surface area contributed by atoms with E-state index < -0.39 is 31.7 Å². The van der Waals surface area contributed by atoms with Crippen LogP contribution in [0.1, 0.15) is 12.5 Å². The lowest BCUT2D eigenvalue weighted by molar-refractivity contribution is 0.560. The van der Waals surface area contributed by atoms with Crippen molar-refractivity contribution in [2.24, 2.45) is 5.14 Å². The van der Waals surface area contributed by atoms with Gasteiger partial charge in [0, 0.05) is 17.5 Å². The second-order valence-corrected chi connectivity index (χ2v) is 10.0. The number of anilines is 1. The van der Waals surface area contributed by atoms with Gasteiger partial charge in [0.15, 0.2) is 0 Å². The van der Waals surface area contributed by atoms with Gasteiger partial charge in [-0.05, 0) is 61.4 Å². The molecule has 3 aromatic rings. The number of hydrogen-bond acceptors (Lipinski definition) is 6. The van der Waals surface area contributed by atoms with E-state index in [0.29, 0.717) is 28.6 Å².